The molecule has 0 aliphatic rings. The Labute approximate surface area is 155 Å². The third-order valence-electron chi connectivity index (χ3n) is 4.23. The van der Waals surface area contributed by atoms with Crippen molar-refractivity contribution >= 4 is 22.5 Å². The number of carbonyl (C=O) groups excluding carboxylic acids is 1. The van der Waals surface area contributed by atoms with Gasteiger partial charge in [-0.2, -0.15) is 0 Å². The molecule has 0 spiro atoms. The van der Waals surface area contributed by atoms with Crippen molar-refractivity contribution in [3.63, 3.8) is 0 Å². The Hall–Kier alpha value is -3.80. The lowest BCUT2D eigenvalue weighted by atomic mass is 10.2. The van der Waals surface area contributed by atoms with Gasteiger partial charge < -0.3 is 9.67 Å². The maximum absolute atomic E-state index is 12.2. The van der Waals surface area contributed by atoms with Crippen LogP contribution in [0.4, 0.5) is 5.69 Å². The van der Waals surface area contributed by atoms with E-state index in [1.54, 1.807) is 22.8 Å². The zero-order valence-corrected chi connectivity index (χ0v) is 14.4. The van der Waals surface area contributed by atoms with Gasteiger partial charge in [-0.3, -0.25) is 9.78 Å². The number of nitrogens with zero attached hydrogens (tertiary/aromatic N) is 4. The summed E-state index contributed by atoms with van der Waals surface area (Å²) >= 11 is 0. The molecule has 0 aliphatic heterocycles. The van der Waals surface area contributed by atoms with Crippen molar-refractivity contribution in [1.82, 2.24) is 9.55 Å². The number of amides is 1. The Morgan fingerprint density at radius 2 is 1.70 bits per heavy atom. The fourth-order valence-electron chi connectivity index (χ4n) is 2.93. The second kappa shape index (κ2) is 7.21. The standard InChI is InChI=1S/C21H16N4O2/c26-20(17-11-6-7-13-22-17)24-23-19-16-10-4-5-12-18(16)25(21(19)27)14-15-8-2-1-3-9-15/h1-13,27H,14H2. The van der Waals surface area contributed by atoms with Crippen LogP contribution < -0.4 is 0 Å². The molecule has 4 rings (SSSR count). The van der Waals surface area contributed by atoms with E-state index in [2.05, 4.69) is 15.2 Å². The minimum absolute atomic E-state index is 0.0300. The predicted octanol–water partition coefficient (Wildman–Crippen LogP) is 4.71. The molecule has 0 saturated carbocycles. The summed E-state index contributed by atoms with van der Waals surface area (Å²) in [4.78, 5) is 16.1. The lowest BCUT2D eigenvalue weighted by Crippen LogP contribution is -1.98. The molecule has 0 saturated heterocycles. The number of benzene rings is 2. The average molecular weight is 356 g/mol. The lowest BCUT2D eigenvalue weighted by Gasteiger charge is -2.06. The molecule has 0 radical (unpaired) electrons. The lowest BCUT2D eigenvalue weighted by molar-refractivity contribution is 0.0990. The van der Waals surface area contributed by atoms with E-state index in [1.807, 2.05) is 54.6 Å². The van der Waals surface area contributed by atoms with Gasteiger partial charge in [-0.05, 0) is 23.8 Å². The van der Waals surface area contributed by atoms with E-state index < -0.39 is 5.91 Å². The van der Waals surface area contributed by atoms with Crippen LogP contribution in [0.2, 0.25) is 0 Å². The number of rotatable bonds is 4. The van der Waals surface area contributed by atoms with Gasteiger partial charge in [0.2, 0.25) is 5.88 Å². The molecule has 0 fully saturated rings. The van der Waals surface area contributed by atoms with E-state index in [9.17, 15) is 9.90 Å². The van der Waals surface area contributed by atoms with Gasteiger partial charge in [0.05, 0.1) is 12.1 Å². The van der Waals surface area contributed by atoms with Gasteiger partial charge >= 0.3 is 5.91 Å². The van der Waals surface area contributed by atoms with Crippen LogP contribution in [0.15, 0.2) is 89.2 Å². The monoisotopic (exact) mass is 356 g/mol. The van der Waals surface area contributed by atoms with Gasteiger partial charge in [0, 0.05) is 11.6 Å². The molecule has 2 heterocycles. The van der Waals surface area contributed by atoms with E-state index >= 15 is 0 Å². The summed E-state index contributed by atoms with van der Waals surface area (Å²) < 4.78 is 1.75. The molecule has 1 N–H and O–H groups in total. The van der Waals surface area contributed by atoms with Crippen molar-refractivity contribution in [1.29, 1.82) is 0 Å². The number of fused-ring (bicyclic) bond motifs is 1. The van der Waals surface area contributed by atoms with E-state index in [0.717, 1.165) is 16.5 Å². The number of aromatic nitrogens is 2. The van der Waals surface area contributed by atoms with Crippen molar-refractivity contribution in [2.45, 2.75) is 6.54 Å². The van der Waals surface area contributed by atoms with E-state index in [-0.39, 0.29) is 17.3 Å². The van der Waals surface area contributed by atoms with Crippen molar-refractivity contribution in [3.8, 4) is 5.88 Å². The second-order valence-electron chi connectivity index (χ2n) is 5.98. The van der Waals surface area contributed by atoms with Crippen LogP contribution in [0.5, 0.6) is 5.88 Å². The molecule has 6 heteroatoms. The largest absolute Gasteiger partial charge is 0.493 e. The zero-order valence-electron chi connectivity index (χ0n) is 14.4. The normalized spacial score (nSPS) is 11.3. The van der Waals surface area contributed by atoms with Crippen molar-refractivity contribution in [2.75, 3.05) is 0 Å². The summed E-state index contributed by atoms with van der Waals surface area (Å²) in [5, 5.41) is 19.2. The topological polar surface area (TPSA) is 79.8 Å². The summed E-state index contributed by atoms with van der Waals surface area (Å²) in [6, 6.07) is 22.3. The van der Waals surface area contributed by atoms with E-state index in [0.29, 0.717) is 6.54 Å². The summed E-state index contributed by atoms with van der Waals surface area (Å²) in [7, 11) is 0. The second-order valence-corrected chi connectivity index (χ2v) is 5.98. The smallest absolute Gasteiger partial charge is 0.313 e. The fraction of sp³-hybridized carbons (Fsp3) is 0.0476. The average Bonchev–Trinajstić information content (AvgIpc) is 2.99. The van der Waals surface area contributed by atoms with Gasteiger partial charge in [-0.15, -0.1) is 10.2 Å². The number of hydrogen-bond acceptors (Lipinski definition) is 4. The van der Waals surface area contributed by atoms with Crippen molar-refractivity contribution in [2.24, 2.45) is 10.2 Å². The summed E-state index contributed by atoms with van der Waals surface area (Å²) in [5.41, 5.74) is 2.33. The summed E-state index contributed by atoms with van der Waals surface area (Å²) in [6.45, 7) is 0.483. The third-order valence-corrected chi connectivity index (χ3v) is 4.23. The van der Waals surface area contributed by atoms with Crippen LogP contribution in [0.25, 0.3) is 10.9 Å². The molecule has 0 bridgehead atoms. The maximum Gasteiger partial charge on any atom is 0.313 e. The first-order valence-electron chi connectivity index (χ1n) is 8.45. The number of hydrogen-bond donors (Lipinski definition) is 1. The Balaban J connectivity index is 1.74. The van der Waals surface area contributed by atoms with Crippen molar-refractivity contribution < 1.29 is 9.90 Å². The first kappa shape index (κ1) is 16.7. The number of carbonyl (C=O) groups is 1. The van der Waals surface area contributed by atoms with Crippen molar-refractivity contribution in [3.05, 3.63) is 90.3 Å². The Bertz CT molecular complexity index is 1120. The van der Waals surface area contributed by atoms with E-state index in [1.165, 1.54) is 6.20 Å². The molecule has 6 nitrogen and oxygen atoms in total. The number of aromatic hydroxyl groups is 1. The summed E-state index contributed by atoms with van der Waals surface area (Å²) in [5.74, 6) is -0.590. The molecule has 1 amide bonds. The first-order valence-corrected chi connectivity index (χ1v) is 8.45. The number of para-hydroxylation sites is 1. The Morgan fingerprint density at radius 1 is 0.963 bits per heavy atom. The molecule has 0 atom stereocenters. The maximum atomic E-state index is 12.2. The molecule has 132 valence electrons. The summed E-state index contributed by atoms with van der Waals surface area (Å²) in [6.07, 6.45) is 1.52. The van der Waals surface area contributed by atoms with Gasteiger partial charge in [0.1, 0.15) is 5.69 Å². The van der Waals surface area contributed by atoms with Gasteiger partial charge in [-0.25, -0.2) is 0 Å². The van der Waals surface area contributed by atoms with Gasteiger partial charge in [0.15, 0.2) is 5.69 Å². The van der Waals surface area contributed by atoms with Gasteiger partial charge in [0.25, 0.3) is 0 Å². The highest BCUT2D eigenvalue weighted by Gasteiger charge is 2.17. The van der Waals surface area contributed by atoms with Crippen LogP contribution in [-0.4, -0.2) is 20.6 Å². The van der Waals surface area contributed by atoms with Crippen LogP contribution >= 0.6 is 0 Å². The Morgan fingerprint density at radius 3 is 2.48 bits per heavy atom. The van der Waals surface area contributed by atoms with Crippen LogP contribution in [0.1, 0.15) is 16.1 Å². The predicted molar refractivity (Wildman–Crippen MR) is 102 cm³/mol. The minimum atomic E-state index is -0.560. The minimum Gasteiger partial charge on any atom is -0.493 e. The third kappa shape index (κ3) is 3.32. The van der Waals surface area contributed by atoms with Crippen LogP contribution in [0, 0.1) is 0 Å². The highest BCUT2D eigenvalue weighted by molar-refractivity contribution is 5.96. The fourth-order valence-corrected chi connectivity index (χ4v) is 2.93. The number of pyridine rings is 1. The highest BCUT2D eigenvalue weighted by atomic mass is 16.3. The SMILES string of the molecule is O=C(N=Nc1c(O)n(Cc2ccccc2)c2ccccc12)c1ccccn1. The van der Waals surface area contributed by atoms with Crippen LogP contribution in [0.3, 0.4) is 0 Å². The van der Waals surface area contributed by atoms with Gasteiger partial charge in [-0.1, -0.05) is 54.6 Å². The Kier molecular flexibility index (Phi) is 4.45. The quantitative estimate of drug-likeness (QED) is 0.538. The number of azo groups is 1. The zero-order chi connectivity index (χ0) is 18.6. The molecule has 2 aromatic heterocycles. The highest BCUT2D eigenvalue weighted by Crippen LogP contribution is 2.39. The molecule has 4 aromatic rings. The van der Waals surface area contributed by atoms with E-state index in [4.69, 9.17) is 0 Å². The van der Waals surface area contributed by atoms with Crippen LogP contribution in [-0.2, 0) is 6.54 Å². The molecular weight excluding hydrogens is 340 g/mol. The molecular formula is C21H16N4O2. The molecule has 0 aliphatic carbocycles. The molecule has 2 aromatic carbocycles. The molecule has 0 unspecified atom stereocenters. The molecule has 27 heavy (non-hydrogen) atoms. The first-order chi connectivity index (χ1) is 13.2.